The quantitative estimate of drug-likeness (QED) is 0.868. The van der Waals surface area contributed by atoms with Crippen LogP contribution in [0.3, 0.4) is 0 Å². The third-order valence-corrected chi connectivity index (χ3v) is 3.75. The van der Waals surface area contributed by atoms with Gasteiger partial charge in [0, 0.05) is 24.0 Å². The number of carbonyl (C=O) groups is 2. The zero-order chi connectivity index (χ0) is 14.1. The first-order valence-corrected chi connectivity index (χ1v) is 6.60. The number of fused-ring (bicyclic) bond motifs is 1. The van der Waals surface area contributed by atoms with E-state index in [4.69, 9.17) is 5.11 Å². The molecule has 0 spiro atoms. The maximum absolute atomic E-state index is 12.4. The minimum atomic E-state index is -0.827. The summed E-state index contributed by atoms with van der Waals surface area (Å²) in [5, 5.41) is 16.8. The number of carboxylic acids is 1. The Bertz CT molecular complexity index is 664. The van der Waals surface area contributed by atoms with Gasteiger partial charge >= 0.3 is 5.97 Å². The Hall–Kier alpha value is -2.37. The van der Waals surface area contributed by atoms with Crippen molar-refractivity contribution >= 4 is 22.8 Å². The lowest BCUT2D eigenvalue weighted by Gasteiger charge is -2.30. The van der Waals surface area contributed by atoms with Crippen LogP contribution in [0.4, 0.5) is 0 Å². The summed E-state index contributed by atoms with van der Waals surface area (Å²) in [6.45, 7) is 0.902. The van der Waals surface area contributed by atoms with Crippen LogP contribution < -0.4 is 0 Å². The van der Waals surface area contributed by atoms with Crippen molar-refractivity contribution in [1.82, 2.24) is 15.1 Å². The Morgan fingerprint density at radius 3 is 3.05 bits per heavy atom. The van der Waals surface area contributed by atoms with Gasteiger partial charge < -0.3 is 10.0 Å². The predicted octanol–water partition coefficient (Wildman–Crippen LogP) is 1.50. The Labute approximate surface area is 115 Å². The van der Waals surface area contributed by atoms with Gasteiger partial charge in [-0.2, -0.15) is 5.10 Å². The number of likely N-dealkylation sites (tertiary alicyclic amines) is 1. The highest BCUT2D eigenvalue weighted by Crippen LogP contribution is 2.20. The summed E-state index contributed by atoms with van der Waals surface area (Å²) in [5.41, 5.74) is 1.37. The average Bonchev–Trinajstić information content (AvgIpc) is 2.94. The molecule has 6 heteroatoms. The van der Waals surface area contributed by atoms with Crippen LogP contribution >= 0.6 is 0 Å². The Balaban J connectivity index is 1.82. The second-order valence-corrected chi connectivity index (χ2v) is 5.10. The number of amides is 1. The van der Waals surface area contributed by atoms with Crippen molar-refractivity contribution in [2.45, 2.75) is 12.8 Å². The number of carbonyl (C=O) groups excluding carboxylic acids is 1. The number of hydrogen-bond donors (Lipinski definition) is 2. The summed E-state index contributed by atoms with van der Waals surface area (Å²) in [5.74, 6) is -1.40. The van der Waals surface area contributed by atoms with Crippen molar-refractivity contribution in [3.63, 3.8) is 0 Å². The van der Waals surface area contributed by atoms with Gasteiger partial charge in [0.25, 0.3) is 5.91 Å². The third-order valence-electron chi connectivity index (χ3n) is 3.75. The number of nitrogens with one attached hydrogen (secondary N) is 1. The Morgan fingerprint density at radius 2 is 2.25 bits per heavy atom. The molecule has 104 valence electrons. The molecule has 0 radical (unpaired) electrons. The van der Waals surface area contributed by atoms with Crippen LogP contribution in [0.2, 0.25) is 0 Å². The number of nitrogens with zero attached hydrogens (tertiary/aromatic N) is 2. The zero-order valence-electron chi connectivity index (χ0n) is 10.9. The number of piperidine rings is 1. The minimum absolute atomic E-state index is 0.118. The number of carboxylic acid groups (broad SMARTS) is 1. The van der Waals surface area contributed by atoms with Gasteiger partial charge in [-0.05, 0) is 25.0 Å². The number of aromatic nitrogens is 2. The fraction of sp³-hybridized carbons (Fsp3) is 0.357. The summed E-state index contributed by atoms with van der Waals surface area (Å²) in [4.78, 5) is 25.1. The van der Waals surface area contributed by atoms with Crippen molar-refractivity contribution in [2.75, 3.05) is 13.1 Å². The lowest BCUT2D eigenvalue weighted by molar-refractivity contribution is -0.143. The van der Waals surface area contributed by atoms with E-state index in [0.29, 0.717) is 18.5 Å². The zero-order valence-corrected chi connectivity index (χ0v) is 10.9. The summed E-state index contributed by atoms with van der Waals surface area (Å²) in [7, 11) is 0. The SMILES string of the molecule is O=C(O)[C@@H]1CCCN(C(=O)c2ccc3cn[nH]c3c2)C1. The monoisotopic (exact) mass is 273 g/mol. The molecule has 1 saturated heterocycles. The number of rotatable bonds is 2. The molecule has 20 heavy (non-hydrogen) atoms. The molecule has 2 N–H and O–H groups in total. The Kier molecular flexibility index (Phi) is 3.14. The molecule has 1 aliphatic heterocycles. The summed E-state index contributed by atoms with van der Waals surface area (Å²) in [6.07, 6.45) is 3.07. The molecule has 2 aromatic rings. The average molecular weight is 273 g/mol. The van der Waals surface area contributed by atoms with Crippen LogP contribution in [0.25, 0.3) is 10.9 Å². The number of aromatic amines is 1. The van der Waals surface area contributed by atoms with Crippen LogP contribution in [0, 0.1) is 5.92 Å². The van der Waals surface area contributed by atoms with Gasteiger partial charge in [0.2, 0.25) is 0 Å². The van der Waals surface area contributed by atoms with Crippen molar-refractivity contribution in [1.29, 1.82) is 0 Å². The summed E-state index contributed by atoms with van der Waals surface area (Å²) in [6, 6.07) is 5.35. The summed E-state index contributed by atoms with van der Waals surface area (Å²) >= 11 is 0. The number of H-pyrrole nitrogens is 1. The van der Waals surface area contributed by atoms with E-state index in [1.54, 1.807) is 23.2 Å². The molecule has 1 aromatic heterocycles. The normalized spacial score (nSPS) is 19.2. The fourth-order valence-corrected chi connectivity index (χ4v) is 2.62. The van der Waals surface area contributed by atoms with Crippen LogP contribution in [-0.4, -0.2) is 45.2 Å². The van der Waals surface area contributed by atoms with Gasteiger partial charge in [0.05, 0.1) is 17.6 Å². The standard InChI is InChI=1S/C14H15N3O3/c18-13(17-5-1-2-11(8-17)14(19)20)9-3-4-10-7-15-16-12(10)6-9/h3-4,6-7,11H,1-2,5,8H2,(H,15,16)(H,19,20)/t11-/m1/s1. The van der Waals surface area contributed by atoms with E-state index in [9.17, 15) is 9.59 Å². The third kappa shape index (κ3) is 2.24. The molecule has 3 rings (SSSR count). The lowest BCUT2D eigenvalue weighted by atomic mass is 9.97. The molecule has 1 amide bonds. The molecule has 1 aromatic carbocycles. The van der Waals surface area contributed by atoms with Crippen LogP contribution in [-0.2, 0) is 4.79 Å². The molecule has 1 fully saturated rings. The molecule has 2 heterocycles. The molecule has 0 bridgehead atoms. The predicted molar refractivity (Wildman–Crippen MR) is 72.4 cm³/mol. The first-order valence-electron chi connectivity index (χ1n) is 6.60. The van der Waals surface area contributed by atoms with Crippen molar-refractivity contribution in [3.05, 3.63) is 30.0 Å². The second kappa shape index (κ2) is 4.96. The maximum Gasteiger partial charge on any atom is 0.308 e. The van der Waals surface area contributed by atoms with E-state index < -0.39 is 11.9 Å². The van der Waals surface area contributed by atoms with E-state index in [0.717, 1.165) is 17.3 Å². The van der Waals surface area contributed by atoms with E-state index >= 15 is 0 Å². The topological polar surface area (TPSA) is 86.3 Å². The molecular weight excluding hydrogens is 258 g/mol. The largest absolute Gasteiger partial charge is 0.481 e. The molecule has 1 aliphatic rings. The van der Waals surface area contributed by atoms with Gasteiger partial charge in [-0.15, -0.1) is 0 Å². The van der Waals surface area contributed by atoms with Crippen LogP contribution in [0.1, 0.15) is 23.2 Å². The molecular formula is C14H15N3O3. The number of benzene rings is 1. The summed E-state index contributed by atoms with van der Waals surface area (Å²) < 4.78 is 0. The van der Waals surface area contributed by atoms with Crippen LogP contribution in [0.15, 0.2) is 24.4 Å². The minimum Gasteiger partial charge on any atom is -0.481 e. The maximum atomic E-state index is 12.4. The van der Waals surface area contributed by atoms with E-state index in [1.165, 1.54) is 0 Å². The van der Waals surface area contributed by atoms with Gasteiger partial charge in [-0.1, -0.05) is 6.07 Å². The van der Waals surface area contributed by atoms with Gasteiger partial charge in [-0.3, -0.25) is 14.7 Å². The van der Waals surface area contributed by atoms with E-state index in [-0.39, 0.29) is 12.5 Å². The first kappa shape index (κ1) is 12.7. The molecule has 0 aliphatic carbocycles. The van der Waals surface area contributed by atoms with Gasteiger partial charge in [-0.25, -0.2) is 0 Å². The highest BCUT2D eigenvalue weighted by Gasteiger charge is 2.28. The van der Waals surface area contributed by atoms with Crippen molar-refractivity contribution in [2.24, 2.45) is 5.92 Å². The van der Waals surface area contributed by atoms with Gasteiger partial charge in [0.1, 0.15) is 0 Å². The molecule has 6 nitrogen and oxygen atoms in total. The Morgan fingerprint density at radius 1 is 1.40 bits per heavy atom. The van der Waals surface area contributed by atoms with Crippen molar-refractivity contribution in [3.8, 4) is 0 Å². The van der Waals surface area contributed by atoms with E-state index in [2.05, 4.69) is 10.2 Å². The smallest absolute Gasteiger partial charge is 0.308 e. The second-order valence-electron chi connectivity index (χ2n) is 5.10. The van der Waals surface area contributed by atoms with Crippen LogP contribution in [0.5, 0.6) is 0 Å². The van der Waals surface area contributed by atoms with Crippen molar-refractivity contribution < 1.29 is 14.7 Å². The number of hydrogen-bond acceptors (Lipinski definition) is 3. The number of aliphatic carboxylic acids is 1. The fourth-order valence-electron chi connectivity index (χ4n) is 2.62. The highest BCUT2D eigenvalue weighted by molar-refractivity contribution is 5.98. The van der Waals surface area contributed by atoms with Gasteiger partial charge in [0.15, 0.2) is 0 Å². The molecule has 1 atom stereocenters. The molecule has 0 saturated carbocycles. The molecule has 0 unspecified atom stereocenters. The lowest BCUT2D eigenvalue weighted by Crippen LogP contribution is -2.42. The van der Waals surface area contributed by atoms with E-state index in [1.807, 2.05) is 6.07 Å². The highest BCUT2D eigenvalue weighted by atomic mass is 16.4. The first-order chi connectivity index (χ1) is 9.65.